The summed E-state index contributed by atoms with van der Waals surface area (Å²) < 4.78 is 5.06. The van der Waals surface area contributed by atoms with Crippen molar-refractivity contribution in [2.24, 2.45) is 5.73 Å². The minimum absolute atomic E-state index is 0.393. The summed E-state index contributed by atoms with van der Waals surface area (Å²) in [5.41, 5.74) is 7.93. The Labute approximate surface area is 116 Å². The maximum atomic E-state index is 12.2. The number of nitrogens with zero attached hydrogens (tertiary/aromatic N) is 1. The monoisotopic (exact) mass is 272 g/mol. The number of fused-ring (bicyclic) bond motifs is 1. The van der Waals surface area contributed by atoms with Crippen molar-refractivity contribution >= 4 is 22.8 Å². The van der Waals surface area contributed by atoms with Crippen LogP contribution in [0.1, 0.15) is 28.5 Å². The van der Waals surface area contributed by atoms with Crippen molar-refractivity contribution in [3.05, 3.63) is 41.1 Å². The lowest BCUT2D eigenvalue weighted by molar-refractivity contribution is -0.125. The molecule has 104 valence electrons. The lowest BCUT2D eigenvalue weighted by atomic mass is 10.1. The number of ether oxygens (including phenoxy) is 1. The number of hydrogen-bond donors (Lipinski definition) is 1. The largest absolute Gasteiger partial charge is 0.449 e. The summed E-state index contributed by atoms with van der Waals surface area (Å²) >= 11 is 0. The standard InChI is InChI=1S/C15H16N2O3/c1-8-4-5-13-11(6-8)12(7-9(2)17-13)15(19)20-10(3)14(16)18/h4-7,10H,1-3H3,(H2,16,18)/t10-/m0/s1. The fraction of sp³-hybridized carbons (Fsp3) is 0.267. The van der Waals surface area contributed by atoms with Gasteiger partial charge in [0.2, 0.25) is 0 Å². The lowest BCUT2D eigenvalue weighted by Crippen LogP contribution is -2.30. The Morgan fingerprint density at radius 3 is 2.60 bits per heavy atom. The molecule has 5 heteroatoms. The van der Waals surface area contributed by atoms with E-state index in [0.717, 1.165) is 5.56 Å². The first-order valence-electron chi connectivity index (χ1n) is 6.27. The number of pyridine rings is 1. The molecule has 0 aliphatic rings. The van der Waals surface area contributed by atoms with Crippen LogP contribution < -0.4 is 5.73 Å². The molecular formula is C15H16N2O3. The molecule has 1 atom stereocenters. The summed E-state index contributed by atoms with van der Waals surface area (Å²) in [5, 5.41) is 0.706. The number of hydrogen-bond acceptors (Lipinski definition) is 4. The van der Waals surface area contributed by atoms with Crippen LogP contribution in [0.25, 0.3) is 10.9 Å². The topological polar surface area (TPSA) is 82.3 Å². The van der Waals surface area contributed by atoms with Crippen LogP contribution in [0, 0.1) is 13.8 Å². The van der Waals surface area contributed by atoms with Crippen LogP contribution >= 0.6 is 0 Å². The van der Waals surface area contributed by atoms with Gasteiger partial charge in [-0.15, -0.1) is 0 Å². The Morgan fingerprint density at radius 2 is 1.95 bits per heavy atom. The second kappa shape index (κ2) is 5.28. The fourth-order valence-electron chi connectivity index (χ4n) is 1.92. The van der Waals surface area contributed by atoms with Gasteiger partial charge in [-0.2, -0.15) is 0 Å². The van der Waals surface area contributed by atoms with Gasteiger partial charge in [0, 0.05) is 11.1 Å². The lowest BCUT2D eigenvalue weighted by Gasteiger charge is -2.12. The second-order valence-corrected chi connectivity index (χ2v) is 4.78. The van der Waals surface area contributed by atoms with Crippen LogP contribution in [-0.2, 0) is 9.53 Å². The van der Waals surface area contributed by atoms with E-state index in [-0.39, 0.29) is 0 Å². The molecule has 1 heterocycles. The predicted octanol–water partition coefficient (Wildman–Crippen LogP) is 1.88. The van der Waals surface area contributed by atoms with Gasteiger partial charge in [-0.05, 0) is 39.0 Å². The molecule has 0 fully saturated rings. The quantitative estimate of drug-likeness (QED) is 0.865. The van der Waals surface area contributed by atoms with E-state index < -0.39 is 18.0 Å². The van der Waals surface area contributed by atoms with Gasteiger partial charge < -0.3 is 10.5 Å². The van der Waals surface area contributed by atoms with E-state index in [1.54, 1.807) is 13.0 Å². The zero-order valence-corrected chi connectivity index (χ0v) is 11.6. The second-order valence-electron chi connectivity index (χ2n) is 4.78. The van der Waals surface area contributed by atoms with Gasteiger partial charge in [0.25, 0.3) is 5.91 Å². The number of aryl methyl sites for hydroxylation is 2. The van der Waals surface area contributed by atoms with Crippen molar-refractivity contribution in [3.8, 4) is 0 Å². The fourth-order valence-corrected chi connectivity index (χ4v) is 1.92. The number of carbonyl (C=O) groups excluding carboxylic acids is 2. The number of amides is 1. The van der Waals surface area contributed by atoms with Crippen molar-refractivity contribution in [1.29, 1.82) is 0 Å². The Balaban J connectivity index is 2.50. The van der Waals surface area contributed by atoms with Crippen molar-refractivity contribution < 1.29 is 14.3 Å². The van der Waals surface area contributed by atoms with Crippen molar-refractivity contribution in [2.45, 2.75) is 26.9 Å². The molecule has 1 aromatic heterocycles. The highest BCUT2D eigenvalue weighted by Crippen LogP contribution is 2.21. The molecule has 0 aliphatic heterocycles. The number of nitrogens with two attached hydrogens (primary N) is 1. The van der Waals surface area contributed by atoms with Gasteiger partial charge in [-0.1, -0.05) is 11.6 Å². The zero-order valence-electron chi connectivity index (χ0n) is 11.6. The third kappa shape index (κ3) is 2.77. The van der Waals surface area contributed by atoms with Crippen LogP contribution in [-0.4, -0.2) is 23.0 Å². The Morgan fingerprint density at radius 1 is 1.25 bits per heavy atom. The smallest absolute Gasteiger partial charge is 0.339 e. The van der Waals surface area contributed by atoms with Gasteiger partial charge in [-0.25, -0.2) is 4.79 Å². The molecule has 1 aromatic carbocycles. The summed E-state index contributed by atoms with van der Waals surface area (Å²) in [4.78, 5) is 27.5. The Kier molecular flexibility index (Phi) is 3.70. The highest BCUT2D eigenvalue weighted by atomic mass is 16.5. The molecular weight excluding hydrogens is 256 g/mol. The molecule has 0 spiro atoms. The summed E-state index contributed by atoms with van der Waals surface area (Å²) in [6.45, 7) is 5.18. The van der Waals surface area contributed by atoms with E-state index in [2.05, 4.69) is 4.98 Å². The molecule has 0 bridgehead atoms. The summed E-state index contributed by atoms with van der Waals surface area (Å²) in [6, 6.07) is 7.30. The highest BCUT2D eigenvalue weighted by molar-refractivity contribution is 6.04. The average molecular weight is 272 g/mol. The first-order chi connectivity index (χ1) is 9.38. The Bertz CT molecular complexity index is 695. The third-order valence-electron chi connectivity index (χ3n) is 3.00. The minimum Gasteiger partial charge on any atom is -0.449 e. The van der Waals surface area contributed by atoms with E-state index in [4.69, 9.17) is 10.5 Å². The maximum Gasteiger partial charge on any atom is 0.339 e. The van der Waals surface area contributed by atoms with Gasteiger partial charge in [0.15, 0.2) is 6.10 Å². The molecule has 1 amide bonds. The Hall–Kier alpha value is -2.43. The van der Waals surface area contributed by atoms with Crippen LogP contribution in [0.3, 0.4) is 0 Å². The van der Waals surface area contributed by atoms with Crippen molar-refractivity contribution in [1.82, 2.24) is 4.98 Å². The molecule has 0 saturated heterocycles. The molecule has 2 N–H and O–H groups in total. The molecule has 20 heavy (non-hydrogen) atoms. The maximum absolute atomic E-state index is 12.2. The SMILES string of the molecule is Cc1ccc2nc(C)cc(C(=O)O[C@@H](C)C(N)=O)c2c1. The first kappa shape index (κ1) is 14.0. The molecule has 2 rings (SSSR count). The first-order valence-corrected chi connectivity index (χ1v) is 6.27. The molecule has 5 nitrogen and oxygen atoms in total. The van der Waals surface area contributed by atoms with E-state index >= 15 is 0 Å². The number of primary amides is 1. The number of carbonyl (C=O) groups is 2. The summed E-state index contributed by atoms with van der Waals surface area (Å²) in [5.74, 6) is -1.25. The summed E-state index contributed by atoms with van der Waals surface area (Å²) in [7, 11) is 0. The number of esters is 1. The van der Waals surface area contributed by atoms with Crippen LogP contribution in [0.4, 0.5) is 0 Å². The van der Waals surface area contributed by atoms with Gasteiger partial charge in [-0.3, -0.25) is 9.78 Å². The summed E-state index contributed by atoms with van der Waals surface area (Å²) in [6.07, 6.45) is -0.962. The van der Waals surface area contributed by atoms with Crippen LogP contribution in [0.2, 0.25) is 0 Å². The van der Waals surface area contributed by atoms with Crippen molar-refractivity contribution in [2.75, 3.05) is 0 Å². The van der Waals surface area contributed by atoms with E-state index in [0.29, 0.717) is 22.2 Å². The average Bonchev–Trinajstić information content (AvgIpc) is 2.38. The molecule has 0 unspecified atom stereocenters. The number of aromatic nitrogens is 1. The van der Waals surface area contributed by atoms with Gasteiger partial charge in [0.1, 0.15) is 0 Å². The van der Waals surface area contributed by atoms with Crippen LogP contribution in [0.5, 0.6) is 0 Å². The molecule has 2 aromatic rings. The van der Waals surface area contributed by atoms with E-state index in [1.807, 2.05) is 25.1 Å². The number of benzene rings is 1. The van der Waals surface area contributed by atoms with Gasteiger partial charge >= 0.3 is 5.97 Å². The number of rotatable bonds is 3. The van der Waals surface area contributed by atoms with Crippen LogP contribution in [0.15, 0.2) is 24.3 Å². The highest BCUT2D eigenvalue weighted by Gasteiger charge is 2.19. The van der Waals surface area contributed by atoms with Crippen molar-refractivity contribution in [3.63, 3.8) is 0 Å². The van der Waals surface area contributed by atoms with Gasteiger partial charge in [0.05, 0.1) is 11.1 Å². The third-order valence-corrected chi connectivity index (χ3v) is 3.00. The van der Waals surface area contributed by atoms with E-state index in [9.17, 15) is 9.59 Å². The molecule has 0 aliphatic carbocycles. The molecule has 0 radical (unpaired) electrons. The molecule has 0 saturated carbocycles. The predicted molar refractivity (Wildman–Crippen MR) is 75.3 cm³/mol. The normalized spacial score (nSPS) is 12.2. The zero-order chi connectivity index (χ0) is 14.9. The minimum atomic E-state index is -0.962. The van der Waals surface area contributed by atoms with E-state index in [1.165, 1.54) is 6.92 Å².